The van der Waals surface area contributed by atoms with E-state index in [1.165, 1.54) is 4.68 Å². The summed E-state index contributed by atoms with van der Waals surface area (Å²) in [7, 11) is 1.67. The maximum absolute atomic E-state index is 13.1. The minimum atomic E-state index is -2.55. The van der Waals surface area contributed by atoms with E-state index >= 15 is 0 Å². The van der Waals surface area contributed by atoms with Crippen molar-refractivity contribution in [1.29, 1.82) is 0 Å². The van der Waals surface area contributed by atoms with Gasteiger partial charge in [0.05, 0.1) is 5.69 Å². The van der Waals surface area contributed by atoms with Gasteiger partial charge in [0.1, 0.15) is 5.69 Å². The van der Waals surface area contributed by atoms with E-state index in [9.17, 15) is 8.78 Å². The van der Waals surface area contributed by atoms with Gasteiger partial charge in [-0.25, -0.2) is 13.5 Å². The van der Waals surface area contributed by atoms with E-state index < -0.39 is 6.43 Å². The Bertz CT molecular complexity index is 971. The molecular weight excluding hydrogens is 378 g/mol. The number of nitrogens with zero attached hydrogens (tertiary/aromatic N) is 8. The van der Waals surface area contributed by atoms with Crippen LogP contribution in [0.3, 0.4) is 0 Å². The Balaban J connectivity index is 1.38. The molecule has 154 valence electrons. The molecule has 0 saturated carbocycles. The molecule has 1 saturated heterocycles. The summed E-state index contributed by atoms with van der Waals surface area (Å²) in [6.07, 6.45) is -0.875. The van der Waals surface area contributed by atoms with Crippen LogP contribution in [0.5, 0.6) is 0 Å². The number of piperazine rings is 1. The summed E-state index contributed by atoms with van der Waals surface area (Å²) in [6, 6.07) is 5.86. The zero-order valence-corrected chi connectivity index (χ0v) is 16.8. The van der Waals surface area contributed by atoms with Crippen LogP contribution in [-0.2, 0) is 13.6 Å². The SMILES string of the molecule is Cc1cc(C)n(-c2ccc(N3CCN(Cc4cn(C)nc4C(F)F)CC3)nn2)n1. The topological polar surface area (TPSA) is 67.9 Å². The summed E-state index contributed by atoms with van der Waals surface area (Å²) >= 11 is 0. The number of anilines is 1. The molecule has 29 heavy (non-hydrogen) atoms. The molecule has 4 rings (SSSR count). The van der Waals surface area contributed by atoms with E-state index in [0.29, 0.717) is 17.9 Å². The van der Waals surface area contributed by atoms with Gasteiger partial charge in [-0.3, -0.25) is 9.58 Å². The summed E-state index contributed by atoms with van der Waals surface area (Å²) in [6.45, 7) is 7.45. The first kappa shape index (κ1) is 19.4. The van der Waals surface area contributed by atoms with E-state index in [1.807, 2.05) is 32.0 Å². The molecule has 0 atom stereocenters. The van der Waals surface area contributed by atoms with Gasteiger partial charge in [-0.1, -0.05) is 0 Å². The van der Waals surface area contributed by atoms with E-state index in [4.69, 9.17) is 0 Å². The van der Waals surface area contributed by atoms with Gasteiger partial charge < -0.3 is 4.90 Å². The molecule has 1 fully saturated rings. The lowest BCUT2D eigenvalue weighted by Crippen LogP contribution is -2.46. The van der Waals surface area contributed by atoms with E-state index in [-0.39, 0.29) is 5.69 Å². The van der Waals surface area contributed by atoms with Crippen LogP contribution in [0.15, 0.2) is 24.4 Å². The van der Waals surface area contributed by atoms with Crippen molar-refractivity contribution in [1.82, 2.24) is 34.7 Å². The Hall–Kier alpha value is -2.88. The highest BCUT2D eigenvalue weighted by atomic mass is 19.3. The van der Waals surface area contributed by atoms with Crippen LogP contribution < -0.4 is 4.90 Å². The number of rotatable bonds is 5. The summed E-state index contributed by atoms with van der Waals surface area (Å²) in [4.78, 5) is 4.32. The average molecular weight is 402 g/mol. The Kier molecular flexibility index (Phi) is 5.27. The van der Waals surface area contributed by atoms with Crippen LogP contribution in [0, 0.1) is 13.8 Å². The number of hydrogen-bond acceptors (Lipinski definition) is 6. The van der Waals surface area contributed by atoms with Crippen molar-refractivity contribution in [3.63, 3.8) is 0 Å². The third-order valence-corrected chi connectivity index (χ3v) is 5.10. The number of alkyl halides is 2. The Morgan fingerprint density at radius 2 is 1.69 bits per heavy atom. The van der Waals surface area contributed by atoms with Gasteiger partial charge in [-0.15, -0.1) is 10.2 Å². The Morgan fingerprint density at radius 3 is 2.28 bits per heavy atom. The van der Waals surface area contributed by atoms with Gasteiger partial charge in [0.15, 0.2) is 11.6 Å². The third-order valence-electron chi connectivity index (χ3n) is 5.10. The molecule has 0 aliphatic carbocycles. The van der Waals surface area contributed by atoms with E-state index in [1.54, 1.807) is 17.9 Å². The minimum Gasteiger partial charge on any atom is -0.353 e. The average Bonchev–Trinajstić information content (AvgIpc) is 3.23. The van der Waals surface area contributed by atoms with Crippen LogP contribution >= 0.6 is 0 Å². The molecule has 1 aliphatic heterocycles. The highest BCUT2D eigenvalue weighted by molar-refractivity contribution is 5.40. The van der Waals surface area contributed by atoms with E-state index in [0.717, 1.165) is 43.4 Å². The highest BCUT2D eigenvalue weighted by Gasteiger charge is 2.23. The Labute approximate surface area is 167 Å². The molecule has 1 aliphatic rings. The molecule has 3 aromatic rings. The summed E-state index contributed by atoms with van der Waals surface area (Å²) in [5.41, 5.74) is 2.41. The van der Waals surface area contributed by atoms with Crippen LogP contribution in [0.25, 0.3) is 5.82 Å². The first-order valence-corrected chi connectivity index (χ1v) is 9.56. The van der Waals surface area contributed by atoms with Gasteiger partial charge >= 0.3 is 0 Å². The van der Waals surface area contributed by atoms with Crippen molar-refractivity contribution in [3.8, 4) is 5.82 Å². The fraction of sp³-hybridized carbons (Fsp3) is 0.474. The monoisotopic (exact) mass is 402 g/mol. The van der Waals surface area contributed by atoms with E-state index in [2.05, 4.69) is 30.2 Å². The van der Waals surface area contributed by atoms with Crippen molar-refractivity contribution >= 4 is 5.82 Å². The summed E-state index contributed by atoms with van der Waals surface area (Å²) < 4.78 is 29.5. The van der Waals surface area contributed by atoms with Gasteiger partial charge in [0, 0.05) is 57.2 Å². The second-order valence-corrected chi connectivity index (χ2v) is 7.37. The molecule has 0 amide bonds. The van der Waals surface area contributed by atoms with Crippen molar-refractivity contribution < 1.29 is 8.78 Å². The molecule has 4 heterocycles. The Morgan fingerprint density at radius 1 is 1.00 bits per heavy atom. The van der Waals surface area contributed by atoms with Crippen molar-refractivity contribution in [2.45, 2.75) is 26.8 Å². The first-order chi connectivity index (χ1) is 13.9. The highest BCUT2D eigenvalue weighted by Crippen LogP contribution is 2.23. The molecular formula is C19H24F2N8. The molecule has 0 spiro atoms. The smallest absolute Gasteiger partial charge is 0.282 e. The maximum Gasteiger partial charge on any atom is 0.282 e. The predicted molar refractivity (Wildman–Crippen MR) is 104 cm³/mol. The fourth-order valence-electron chi connectivity index (χ4n) is 3.70. The van der Waals surface area contributed by atoms with Gasteiger partial charge in [-0.05, 0) is 32.0 Å². The predicted octanol–water partition coefficient (Wildman–Crippen LogP) is 2.27. The lowest BCUT2D eigenvalue weighted by atomic mass is 10.2. The normalized spacial score (nSPS) is 15.4. The molecule has 10 heteroatoms. The van der Waals surface area contributed by atoms with Crippen molar-refractivity contribution in [2.24, 2.45) is 7.05 Å². The summed E-state index contributed by atoms with van der Waals surface area (Å²) in [5, 5.41) is 17.0. The van der Waals surface area contributed by atoms with Gasteiger partial charge in [0.2, 0.25) is 0 Å². The quantitative estimate of drug-likeness (QED) is 0.652. The van der Waals surface area contributed by atoms with Gasteiger partial charge in [0.25, 0.3) is 6.43 Å². The number of halogens is 2. The lowest BCUT2D eigenvalue weighted by Gasteiger charge is -2.35. The lowest BCUT2D eigenvalue weighted by molar-refractivity contribution is 0.142. The molecule has 0 unspecified atom stereocenters. The number of aromatic nitrogens is 6. The van der Waals surface area contributed by atoms with Crippen LogP contribution in [0.1, 0.15) is 29.1 Å². The second kappa shape index (κ2) is 7.86. The molecule has 0 aromatic carbocycles. The second-order valence-electron chi connectivity index (χ2n) is 7.37. The molecule has 0 N–H and O–H groups in total. The zero-order valence-electron chi connectivity index (χ0n) is 16.8. The van der Waals surface area contributed by atoms with Crippen LogP contribution in [-0.4, -0.2) is 60.8 Å². The van der Waals surface area contributed by atoms with Crippen LogP contribution in [0.2, 0.25) is 0 Å². The molecule has 8 nitrogen and oxygen atoms in total. The maximum atomic E-state index is 13.1. The minimum absolute atomic E-state index is 0.125. The third kappa shape index (κ3) is 4.12. The number of aryl methyl sites for hydroxylation is 3. The summed E-state index contributed by atoms with van der Waals surface area (Å²) in [5.74, 6) is 1.50. The molecule has 3 aromatic heterocycles. The van der Waals surface area contributed by atoms with Crippen molar-refractivity contribution in [3.05, 3.63) is 47.0 Å². The standard InChI is InChI=1S/C19H24F2N8/c1-13-10-14(2)29(24-13)17-5-4-16(22-23-17)28-8-6-27(7-9-28)12-15-11-26(3)25-18(15)19(20)21/h4-5,10-11,19H,6-9,12H2,1-3H3. The van der Waals surface area contributed by atoms with Gasteiger partial charge in [-0.2, -0.15) is 10.2 Å². The van der Waals surface area contributed by atoms with Crippen molar-refractivity contribution in [2.75, 3.05) is 31.1 Å². The fourth-order valence-corrected chi connectivity index (χ4v) is 3.70. The number of hydrogen-bond donors (Lipinski definition) is 0. The molecule has 0 radical (unpaired) electrons. The van der Waals surface area contributed by atoms with Crippen LogP contribution in [0.4, 0.5) is 14.6 Å². The zero-order chi connectivity index (χ0) is 20.5. The first-order valence-electron chi connectivity index (χ1n) is 9.56. The molecule has 0 bridgehead atoms. The largest absolute Gasteiger partial charge is 0.353 e.